The molecule has 38 heavy (non-hydrogen) atoms. The Morgan fingerprint density at radius 2 is 1.92 bits per heavy atom. The van der Waals surface area contributed by atoms with Gasteiger partial charge in [0, 0.05) is 43.4 Å². The van der Waals surface area contributed by atoms with Crippen molar-refractivity contribution in [2.45, 2.75) is 51.0 Å². The van der Waals surface area contributed by atoms with Gasteiger partial charge in [0.1, 0.15) is 5.82 Å². The van der Waals surface area contributed by atoms with Crippen molar-refractivity contribution in [3.8, 4) is 16.8 Å². The fourth-order valence-corrected chi connectivity index (χ4v) is 5.43. The normalized spacial score (nSPS) is 16.4. The van der Waals surface area contributed by atoms with Gasteiger partial charge in [0.2, 0.25) is 0 Å². The van der Waals surface area contributed by atoms with Crippen molar-refractivity contribution in [2.75, 3.05) is 31.8 Å². The summed E-state index contributed by atoms with van der Waals surface area (Å²) < 4.78 is 12.5. The van der Waals surface area contributed by atoms with Crippen LogP contribution >= 0.6 is 0 Å². The van der Waals surface area contributed by atoms with Crippen LogP contribution in [0.5, 0.6) is 0 Å². The molecule has 0 atom stereocenters. The Morgan fingerprint density at radius 1 is 1.08 bits per heavy atom. The Balaban J connectivity index is 1.33. The minimum absolute atomic E-state index is 0.286. The van der Waals surface area contributed by atoms with Crippen LogP contribution in [-0.4, -0.2) is 58.6 Å². The molecule has 0 bridgehead atoms. The maximum Gasteiger partial charge on any atom is 0.357 e. The highest BCUT2D eigenvalue weighted by Gasteiger charge is 2.25. The number of rotatable bonds is 7. The molecule has 8 nitrogen and oxygen atoms in total. The molecular weight excluding hydrogens is 478 g/mol. The smallest absolute Gasteiger partial charge is 0.357 e. The van der Waals surface area contributed by atoms with Gasteiger partial charge in [0.05, 0.1) is 18.5 Å². The maximum atomic E-state index is 12.3. The van der Waals surface area contributed by atoms with Gasteiger partial charge in [-0.05, 0) is 86.1 Å². The van der Waals surface area contributed by atoms with Crippen molar-refractivity contribution in [2.24, 2.45) is 0 Å². The Bertz CT molecular complexity index is 1440. The number of pyridine rings is 2. The van der Waals surface area contributed by atoms with Crippen LogP contribution in [0.4, 0.5) is 5.82 Å². The summed E-state index contributed by atoms with van der Waals surface area (Å²) in [5.74, 6) is 1.08. The van der Waals surface area contributed by atoms with Gasteiger partial charge in [0.15, 0.2) is 11.3 Å². The first kappa shape index (κ1) is 24.6. The van der Waals surface area contributed by atoms with Crippen molar-refractivity contribution in [1.82, 2.24) is 19.7 Å². The van der Waals surface area contributed by atoms with Crippen LogP contribution in [0.15, 0.2) is 54.9 Å². The van der Waals surface area contributed by atoms with Crippen LogP contribution in [0, 0.1) is 0 Å². The van der Waals surface area contributed by atoms with Crippen molar-refractivity contribution in [3.63, 3.8) is 0 Å². The number of benzene rings is 1. The third-order valence-electron chi connectivity index (χ3n) is 7.89. The lowest BCUT2D eigenvalue weighted by Gasteiger charge is -2.32. The number of fused-ring (bicyclic) bond motifs is 1. The van der Waals surface area contributed by atoms with Gasteiger partial charge in [0.25, 0.3) is 0 Å². The number of ether oxygens (including phenoxy) is 2. The predicted molar refractivity (Wildman–Crippen MR) is 147 cm³/mol. The number of carbonyl (C=O) groups is 1. The topological polar surface area (TPSA) is 82.4 Å². The van der Waals surface area contributed by atoms with Gasteiger partial charge in [-0.25, -0.2) is 19.4 Å². The van der Waals surface area contributed by atoms with E-state index in [0.29, 0.717) is 24.2 Å². The molecule has 2 fully saturated rings. The summed E-state index contributed by atoms with van der Waals surface area (Å²) in [5.41, 5.74) is 5.51. The summed E-state index contributed by atoms with van der Waals surface area (Å²) in [7, 11) is 2.13. The van der Waals surface area contributed by atoms with Crippen LogP contribution in [0.3, 0.4) is 0 Å². The van der Waals surface area contributed by atoms with E-state index in [2.05, 4.69) is 52.4 Å². The molecule has 3 aromatic heterocycles. The van der Waals surface area contributed by atoms with Gasteiger partial charge in [-0.1, -0.05) is 12.5 Å². The van der Waals surface area contributed by atoms with Crippen molar-refractivity contribution >= 4 is 22.8 Å². The zero-order valence-electron chi connectivity index (χ0n) is 22.0. The second-order valence-electron chi connectivity index (χ2n) is 10.1. The molecular formula is C30H33N5O3. The zero-order chi connectivity index (χ0) is 26.1. The maximum absolute atomic E-state index is 12.3. The number of anilines is 1. The monoisotopic (exact) mass is 511 g/mol. The van der Waals surface area contributed by atoms with E-state index in [0.717, 1.165) is 48.5 Å². The number of esters is 1. The number of nitrogens with zero attached hydrogens (tertiary/aromatic N) is 5. The fourth-order valence-electron chi connectivity index (χ4n) is 5.43. The van der Waals surface area contributed by atoms with Gasteiger partial charge in [-0.3, -0.25) is 0 Å². The average molecular weight is 512 g/mol. The first-order chi connectivity index (χ1) is 18.6. The van der Waals surface area contributed by atoms with Crippen LogP contribution in [0.2, 0.25) is 0 Å². The number of hydrogen-bond donors (Lipinski definition) is 0. The van der Waals surface area contributed by atoms with E-state index in [1.807, 2.05) is 16.9 Å². The molecule has 0 unspecified atom stereocenters. The van der Waals surface area contributed by atoms with E-state index in [-0.39, 0.29) is 5.69 Å². The Hall–Kier alpha value is -3.78. The largest absolute Gasteiger partial charge is 0.461 e. The molecule has 0 radical (unpaired) electrons. The highest BCUT2D eigenvalue weighted by Crippen LogP contribution is 2.42. The Kier molecular flexibility index (Phi) is 6.81. The van der Waals surface area contributed by atoms with E-state index >= 15 is 0 Å². The molecule has 196 valence electrons. The molecule has 4 heterocycles. The van der Waals surface area contributed by atoms with Crippen LogP contribution in [-0.2, 0) is 9.47 Å². The summed E-state index contributed by atoms with van der Waals surface area (Å²) >= 11 is 0. The summed E-state index contributed by atoms with van der Waals surface area (Å²) in [6.45, 7) is 3.73. The molecule has 1 aliphatic heterocycles. The van der Waals surface area contributed by atoms with Crippen molar-refractivity contribution in [1.29, 1.82) is 0 Å². The minimum atomic E-state index is -0.425. The number of carbonyl (C=O) groups excluding carboxylic acids is 1. The Labute approximate surface area is 222 Å². The third-order valence-corrected chi connectivity index (χ3v) is 7.89. The SMILES string of the molecule is CCOC(=O)c1ccc2cnn(-c3ccc(-c4ccc(N(C)C5CCOCC5)nc4)c(C4CCC4)c3)c2n1. The number of hydrogen-bond acceptors (Lipinski definition) is 7. The van der Waals surface area contributed by atoms with Crippen molar-refractivity contribution in [3.05, 3.63) is 66.1 Å². The second-order valence-corrected chi connectivity index (χ2v) is 10.1. The van der Waals surface area contributed by atoms with Gasteiger partial charge < -0.3 is 14.4 Å². The van der Waals surface area contributed by atoms with E-state index in [1.54, 1.807) is 19.2 Å². The summed E-state index contributed by atoms with van der Waals surface area (Å²) in [6.07, 6.45) is 9.46. The summed E-state index contributed by atoms with van der Waals surface area (Å²) in [6, 6.07) is 14.8. The Morgan fingerprint density at radius 3 is 2.63 bits per heavy atom. The molecule has 6 rings (SSSR count). The lowest BCUT2D eigenvalue weighted by atomic mass is 9.77. The molecule has 2 aliphatic rings. The predicted octanol–water partition coefficient (Wildman–Crippen LogP) is 5.54. The molecule has 4 aromatic rings. The van der Waals surface area contributed by atoms with E-state index in [9.17, 15) is 4.79 Å². The third kappa shape index (κ3) is 4.65. The van der Waals surface area contributed by atoms with Crippen LogP contribution < -0.4 is 4.90 Å². The minimum Gasteiger partial charge on any atom is -0.461 e. The van der Waals surface area contributed by atoms with Crippen molar-refractivity contribution < 1.29 is 14.3 Å². The lowest BCUT2D eigenvalue weighted by Crippen LogP contribution is -2.37. The molecule has 1 aromatic carbocycles. The van der Waals surface area contributed by atoms with Gasteiger partial charge in [-0.15, -0.1) is 0 Å². The molecule has 0 amide bonds. The molecule has 1 saturated heterocycles. The standard InChI is InChI=1S/C30H33N5O3/c1-3-38-30(36)27-11-7-22-19-32-35(29(22)33-27)24-9-10-25(26(17-24)20-5-4-6-20)21-8-12-28(31-18-21)34(2)23-13-15-37-16-14-23/h7-12,17-20,23H,3-6,13-16H2,1-2H3. The summed E-state index contributed by atoms with van der Waals surface area (Å²) in [5, 5.41) is 5.49. The molecule has 8 heteroatoms. The molecule has 1 aliphatic carbocycles. The quantitative estimate of drug-likeness (QED) is 0.301. The van der Waals surface area contributed by atoms with Crippen LogP contribution in [0.1, 0.15) is 61.0 Å². The highest BCUT2D eigenvalue weighted by molar-refractivity contribution is 5.90. The fraction of sp³-hybridized carbons (Fsp3) is 0.400. The highest BCUT2D eigenvalue weighted by atomic mass is 16.5. The van der Waals surface area contributed by atoms with Gasteiger partial charge >= 0.3 is 5.97 Å². The first-order valence-corrected chi connectivity index (χ1v) is 13.6. The van der Waals surface area contributed by atoms with E-state index in [4.69, 9.17) is 14.5 Å². The molecule has 0 spiro atoms. The average Bonchev–Trinajstić information content (AvgIpc) is 3.36. The molecule has 0 N–H and O–H groups in total. The van der Waals surface area contributed by atoms with E-state index in [1.165, 1.54) is 30.4 Å². The molecule has 1 saturated carbocycles. The van der Waals surface area contributed by atoms with Crippen LogP contribution in [0.25, 0.3) is 27.8 Å². The van der Waals surface area contributed by atoms with Gasteiger partial charge in [-0.2, -0.15) is 5.10 Å². The lowest BCUT2D eigenvalue weighted by molar-refractivity contribution is 0.0520. The first-order valence-electron chi connectivity index (χ1n) is 13.6. The summed E-state index contributed by atoms with van der Waals surface area (Å²) in [4.78, 5) is 24.0. The zero-order valence-corrected chi connectivity index (χ0v) is 22.0. The number of aromatic nitrogens is 4. The van der Waals surface area contributed by atoms with E-state index < -0.39 is 5.97 Å². The second kappa shape index (κ2) is 10.5.